The zero-order chi connectivity index (χ0) is 23.7. The molecule has 1 fully saturated rings. The number of benzene rings is 3. The van der Waals surface area contributed by atoms with Crippen LogP contribution in [0.15, 0.2) is 71.6 Å². The van der Waals surface area contributed by atoms with Gasteiger partial charge in [0.2, 0.25) is 10.0 Å². The highest BCUT2D eigenvalue weighted by molar-refractivity contribution is 7.89. The largest absolute Gasteiger partial charge is 0.379 e. The summed E-state index contributed by atoms with van der Waals surface area (Å²) in [6.07, 6.45) is 0. The SMILES string of the molecule is O=C(Nc1ccc(-c2nc3ccccc3[nH]2)cc1)c1cc(S(=O)(=O)N2CCOCC2)ccc1Cl. The molecule has 0 atom stereocenters. The van der Waals surface area contributed by atoms with Crippen molar-refractivity contribution < 1.29 is 17.9 Å². The van der Waals surface area contributed by atoms with Crippen LogP contribution < -0.4 is 5.32 Å². The fourth-order valence-electron chi connectivity index (χ4n) is 3.77. The van der Waals surface area contributed by atoms with Crippen molar-refractivity contribution in [1.82, 2.24) is 14.3 Å². The molecular weight excluding hydrogens is 476 g/mol. The molecule has 1 aromatic heterocycles. The maximum Gasteiger partial charge on any atom is 0.257 e. The quantitative estimate of drug-likeness (QED) is 0.432. The summed E-state index contributed by atoms with van der Waals surface area (Å²) < 4.78 is 32.5. The smallest absolute Gasteiger partial charge is 0.257 e. The lowest BCUT2D eigenvalue weighted by atomic mass is 10.1. The number of anilines is 1. The third kappa shape index (κ3) is 4.43. The second kappa shape index (κ2) is 9.19. The van der Waals surface area contributed by atoms with Crippen LogP contribution in [0.5, 0.6) is 0 Å². The number of sulfonamides is 1. The van der Waals surface area contributed by atoms with Gasteiger partial charge in [-0.15, -0.1) is 0 Å². The number of ether oxygens (including phenoxy) is 1. The minimum atomic E-state index is -3.75. The lowest BCUT2D eigenvalue weighted by molar-refractivity contribution is 0.0730. The van der Waals surface area contributed by atoms with Crippen LogP contribution >= 0.6 is 11.6 Å². The average Bonchev–Trinajstić information content (AvgIpc) is 3.29. The Labute approximate surface area is 201 Å². The van der Waals surface area contributed by atoms with Gasteiger partial charge < -0.3 is 15.0 Å². The van der Waals surface area contributed by atoms with Gasteiger partial charge in [0.15, 0.2) is 0 Å². The molecule has 0 spiro atoms. The minimum absolute atomic E-state index is 0.0178. The van der Waals surface area contributed by atoms with E-state index in [-0.39, 0.29) is 28.6 Å². The Kier molecular flexibility index (Phi) is 6.09. The Bertz CT molecular complexity index is 1430. The molecule has 1 saturated heterocycles. The number of fused-ring (bicyclic) bond motifs is 1. The average molecular weight is 497 g/mol. The molecule has 174 valence electrons. The molecule has 1 aliphatic rings. The van der Waals surface area contributed by atoms with Gasteiger partial charge in [-0.3, -0.25) is 4.79 Å². The van der Waals surface area contributed by atoms with Gasteiger partial charge in [-0.25, -0.2) is 13.4 Å². The maximum absolute atomic E-state index is 13.0. The first-order chi connectivity index (χ1) is 16.4. The van der Waals surface area contributed by atoms with Gasteiger partial charge in [0.1, 0.15) is 5.82 Å². The van der Waals surface area contributed by atoms with E-state index in [1.807, 2.05) is 36.4 Å². The lowest BCUT2D eigenvalue weighted by Crippen LogP contribution is -2.40. The highest BCUT2D eigenvalue weighted by Gasteiger charge is 2.27. The number of nitrogens with one attached hydrogen (secondary N) is 2. The summed E-state index contributed by atoms with van der Waals surface area (Å²) in [6.45, 7) is 1.21. The molecule has 0 unspecified atom stereocenters. The van der Waals surface area contributed by atoms with Crippen molar-refractivity contribution in [3.05, 3.63) is 77.3 Å². The number of carbonyl (C=O) groups is 1. The van der Waals surface area contributed by atoms with E-state index < -0.39 is 15.9 Å². The minimum Gasteiger partial charge on any atom is -0.379 e. The van der Waals surface area contributed by atoms with Crippen molar-refractivity contribution in [2.45, 2.75) is 4.90 Å². The third-order valence-electron chi connectivity index (χ3n) is 5.60. The van der Waals surface area contributed by atoms with Crippen molar-refractivity contribution in [3.8, 4) is 11.4 Å². The van der Waals surface area contributed by atoms with Crippen LogP contribution in [-0.4, -0.2) is 54.9 Å². The van der Waals surface area contributed by atoms with Crippen molar-refractivity contribution in [2.24, 2.45) is 0 Å². The number of nitrogens with zero attached hydrogens (tertiary/aromatic N) is 2. The summed E-state index contributed by atoms with van der Waals surface area (Å²) in [4.78, 5) is 20.8. The molecule has 1 amide bonds. The Morgan fingerprint density at radius 2 is 1.76 bits per heavy atom. The zero-order valence-electron chi connectivity index (χ0n) is 18.0. The number of amides is 1. The van der Waals surface area contributed by atoms with Gasteiger partial charge in [-0.05, 0) is 54.6 Å². The van der Waals surface area contributed by atoms with E-state index in [2.05, 4.69) is 15.3 Å². The second-order valence-corrected chi connectivity index (χ2v) is 10.1. The van der Waals surface area contributed by atoms with Gasteiger partial charge in [0.05, 0.1) is 39.7 Å². The van der Waals surface area contributed by atoms with Crippen molar-refractivity contribution in [1.29, 1.82) is 0 Å². The summed E-state index contributed by atoms with van der Waals surface area (Å²) >= 11 is 6.24. The standard InChI is InChI=1S/C24H21ClN4O4S/c25-20-10-9-18(34(31,32)29-11-13-33-14-12-29)15-19(20)24(30)26-17-7-5-16(6-8-17)23-27-21-3-1-2-4-22(21)28-23/h1-10,15H,11-14H2,(H,26,30)(H,27,28). The Morgan fingerprint density at radius 3 is 2.50 bits per heavy atom. The van der Waals surface area contributed by atoms with Crippen molar-refractivity contribution in [2.75, 3.05) is 31.6 Å². The number of aromatic nitrogens is 2. The Hall–Kier alpha value is -3.24. The fourth-order valence-corrected chi connectivity index (χ4v) is 5.41. The number of rotatable bonds is 5. The van der Waals surface area contributed by atoms with Crippen LogP contribution in [0.2, 0.25) is 5.02 Å². The van der Waals surface area contributed by atoms with Crippen LogP contribution in [0, 0.1) is 0 Å². The highest BCUT2D eigenvalue weighted by atomic mass is 35.5. The van der Waals surface area contributed by atoms with Gasteiger partial charge in [-0.1, -0.05) is 23.7 Å². The molecule has 1 aliphatic heterocycles. The monoisotopic (exact) mass is 496 g/mol. The van der Waals surface area contributed by atoms with E-state index in [1.165, 1.54) is 22.5 Å². The van der Waals surface area contributed by atoms with E-state index in [0.29, 0.717) is 18.9 Å². The van der Waals surface area contributed by atoms with Crippen molar-refractivity contribution in [3.63, 3.8) is 0 Å². The first-order valence-electron chi connectivity index (χ1n) is 10.7. The summed E-state index contributed by atoms with van der Waals surface area (Å²) in [5.41, 5.74) is 3.30. The molecule has 8 nitrogen and oxygen atoms in total. The molecule has 34 heavy (non-hydrogen) atoms. The summed E-state index contributed by atoms with van der Waals surface area (Å²) in [7, 11) is -3.75. The number of hydrogen-bond donors (Lipinski definition) is 2. The van der Waals surface area contributed by atoms with E-state index in [9.17, 15) is 13.2 Å². The van der Waals surface area contributed by atoms with Crippen LogP contribution in [0.1, 0.15) is 10.4 Å². The first kappa shape index (κ1) is 22.5. The summed E-state index contributed by atoms with van der Waals surface area (Å²) in [5, 5.41) is 2.94. The predicted molar refractivity (Wildman–Crippen MR) is 131 cm³/mol. The van der Waals surface area contributed by atoms with Gasteiger partial charge in [-0.2, -0.15) is 4.31 Å². The number of para-hydroxylation sites is 2. The second-order valence-electron chi connectivity index (χ2n) is 7.79. The number of imidazole rings is 1. The van der Waals surface area contributed by atoms with E-state index in [4.69, 9.17) is 16.3 Å². The van der Waals surface area contributed by atoms with Crippen LogP contribution in [0.3, 0.4) is 0 Å². The maximum atomic E-state index is 13.0. The van der Waals surface area contributed by atoms with Crippen LogP contribution in [0.4, 0.5) is 5.69 Å². The third-order valence-corrected chi connectivity index (χ3v) is 7.82. The first-order valence-corrected chi connectivity index (χ1v) is 12.5. The Balaban J connectivity index is 1.35. The molecule has 2 N–H and O–H groups in total. The van der Waals surface area contributed by atoms with Crippen LogP contribution in [-0.2, 0) is 14.8 Å². The van der Waals surface area contributed by atoms with Crippen molar-refractivity contribution >= 4 is 44.3 Å². The molecule has 4 aromatic rings. The highest BCUT2D eigenvalue weighted by Crippen LogP contribution is 2.26. The van der Waals surface area contributed by atoms with Gasteiger partial charge in [0.25, 0.3) is 5.91 Å². The molecule has 3 aromatic carbocycles. The van der Waals surface area contributed by atoms with Gasteiger partial charge in [0, 0.05) is 24.3 Å². The van der Waals surface area contributed by atoms with E-state index >= 15 is 0 Å². The number of halogens is 1. The fraction of sp³-hybridized carbons (Fsp3) is 0.167. The molecule has 0 saturated carbocycles. The molecule has 5 rings (SSSR count). The normalized spacial score (nSPS) is 14.9. The topological polar surface area (TPSA) is 104 Å². The number of hydrogen-bond acceptors (Lipinski definition) is 5. The number of H-pyrrole nitrogens is 1. The van der Waals surface area contributed by atoms with E-state index in [1.54, 1.807) is 12.1 Å². The van der Waals surface area contributed by atoms with E-state index in [0.717, 1.165) is 22.4 Å². The molecule has 0 aliphatic carbocycles. The predicted octanol–water partition coefficient (Wildman–Crippen LogP) is 4.16. The summed E-state index contributed by atoms with van der Waals surface area (Å²) in [5.74, 6) is 0.226. The molecular formula is C24H21ClN4O4S. The molecule has 0 radical (unpaired) electrons. The number of morpholine rings is 1. The summed E-state index contributed by atoms with van der Waals surface area (Å²) in [6, 6.07) is 19.1. The number of aromatic amines is 1. The number of carbonyl (C=O) groups excluding carboxylic acids is 1. The Morgan fingerprint density at radius 1 is 1.03 bits per heavy atom. The van der Waals surface area contributed by atoms with Crippen LogP contribution in [0.25, 0.3) is 22.4 Å². The molecule has 2 heterocycles. The van der Waals surface area contributed by atoms with Gasteiger partial charge >= 0.3 is 0 Å². The molecule has 10 heteroatoms. The molecule has 0 bridgehead atoms. The lowest BCUT2D eigenvalue weighted by Gasteiger charge is -2.26. The zero-order valence-corrected chi connectivity index (χ0v) is 19.6.